The second-order valence-electron chi connectivity index (χ2n) is 8.21. The Bertz CT molecular complexity index is 822. The smallest absolute Gasteiger partial charge is 0.0819 e. The molecule has 3 nitrogen and oxygen atoms in total. The van der Waals surface area contributed by atoms with Crippen LogP contribution in [-0.2, 0) is 0 Å². The minimum Gasteiger partial charge on any atom is -0.388 e. The number of anilines is 2. The Hall–Kier alpha value is -2.62. The minimum absolute atomic E-state index is 0.333. The summed E-state index contributed by atoms with van der Waals surface area (Å²) in [5, 5.41) is 10.7. The van der Waals surface area contributed by atoms with Gasteiger partial charge in [0, 0.05) is 17.9 Å². The Morgan fingerprint density at radius 1 is 0.767 bits per heavy atom. The molecule has 1 saturated heterocycles. The lowest BCUT2D eigenvalue weighted by molar-refractivity contribution is 0.0588. The molecule has 0 bridgehead atoms. The maximum absolute atomic E-state index is 10.7. The molecule has 0 radical (unpaired) electrons. The average molecular weight is 401 g/mol. The van der Waals surface area contributed by atoms with Crippen LogP contribution in [0, 0.1) is 5.92 Å². The first-order valence-corrected chi connectivity index (χ1v) is 11.1. The number of piperidine rings is 1. The Balaban J connectivity index is 1.28. The van der Waals surface area contributed by atoms with Crippen LogP contribution < -0.4 is 4.90 Å². The summed E-state index contributed by atoms with van der Waals surface area (Å²) in [6.45, 7) is 4.25. The van der Waals surface area contributed by atoms with E-state index in [9.17, 15) is 5.11 Å². The van der Waals surface area contributed by atoms with Crippen molar-refractivity contribution in [2.45, 2.75) is 25.4 Å². The molecular weight excluding hydrogens is 368 g/mol. The zero-order chi connectivity index (χ0) is 20.6. The van der Waals surface area contributed by atoms with Crippen LogP contribution in [0.2, 0.25) is 0 Å². The highest BCUT2D eigenvalue weighted by Crippen LogP contribution is 2.31. The van der Waals surface area contributed by atoms with Gasteiger partial charge in [0.05, 0.1) is 6.10 Å². The van der Waals surface area contributed by atoms with E-state index in [0.29, 0.717) is 5.92 Å². The first-order valence-electron chi connectivity index (χ1n) is 11.1. The zero-order valence-electron chi connectivity index (χ0n) is 17.6. The topological polar surface area (TPSA) is 26.7 Å². The third-order valence-corrected chi connectivity index (χ3v) is 6.21. The highest BCUT2D eigenvalue weighted by atomic mass is 16.3. The van der Waals surface area contributed by atoms with Crippen molar-refractivity contribution in [2.75, 3.05) is 31.1 Å². The summed E-state index contributed by atoms with van der Waals surface area (Å²) < 4.78 is 0. The lowest BCUT2D eigenvalue weighted by atomic mass is 9.87. The summed E-state index contributed by atoms with van der Waals surface area (Å²) in [6.07, 6.45) is 2.92. The molecule has 1 aliphatic rings. The predicted octanol–water partition coefficient (Wildman–Crippen LogP) is 5.66. The first kappa shape index (κ1) is 20.6. The van der Waals surface area contributed by atoms with E-state index in [4.69, 9.17) is 0 Å². The van der Waals surface area contributed by atoms with Gasteiger partial charge in [-0.05, 0) is 74.6 Å². The first-order chi connectivity index (χ1) is 14.8. The molecule has 1 atom stereocenters. The Kier molecular flexibility index (Phi) is 7.17. The van der Waals surface area contributed by atoms with E-state index in [1.807, 2.05) is 30.3 Å². The van der Waals surface area contributed by atoms with Gasteiger partial charge in [0.15, 0.2) is 0 Å². The summed E-state index contributed by atoms with van der Waals surface area (Å²) in [5.74, 6) is 0.369. The largest absolute Gasteiger partial charge is 0.388 e. The quantitative estimate of drug-likeness (QED) is 0.528. The summed E-state index contributed by atoms with van der Waals surface area (Å²) in [5.41, 5.74) is 3.54. The summed E-state index contributed by atoms with van der Waals surface area (Å²) >= 11 is 0. The SMILES string of the molecule is OC(c1ccccc1)C1CCN(CCCN(c2ccccc2)c2ccccc2)CC1. The van der Waals surface area contributed by atoms with Crippen molar-refractivity contribution in [1.82, 2.24) is 4.90 Å². The number of aliphatic hydroxyl groups excluding tert-OH is 1. The maximum atomic E-state index is 10.7. The molecule has 1 N–H and O–H groups in total. The van der Waals surface area contributed by atoms with Gasteiger partial charge in [0.25, 0.3) is 0 Å². The number of nitrogens with zero attached hydrogens (tertiary/aromatic N) is 2. The van der Waals surface area contributed by atoms with Crippen LogP contribution in [0.1, 0.15) is 30.9 Å². The summed E-state index contributed by atoms with van der Waals surface area (Å²) in [6, 6.07) is 31.4. The average Bonchev–Trinajstić information content (AvgIpc) is 2.83. The molecule has 0 aromatic heterocycles. The molecule has 1 fully saturated rings. The molecule has 156 valence electrons. The van der Waals surface area contributed by atoms with Gasteiger partial charge in [-0.3, -0.25) is 0 Å². The molecule has 0 amide bonds. The van der Waals surface area contributed by atoms with Crippen molar-refractivity contribution >= 4 is 11.4 Å². The van der Waals surface area contributed by atoms with Crippen molar-refractivity contribution in [1.29, 1.82) is 0 Å². The molecule has 1 heterocycles. The molecular formula is C27H32N2O. The molecule has 4 rings (SSSR count). The molecule has 0 saturated carbocycles. The lowest BCUT2D eigenvalue weighted by Gasteiger charge is -2.35. The van der Waals surface area contributed by atoms with Gasteiger partial charge in [0.1, 0.15) is 0 Å². The standard InChI is InChI=1S/C27H32N2O/c30-27(23-11-4-1-5-12-23)24-17-21-28(22-18-24)19-10-20-29(25-13-6-2-7-14-25)26-15-8-3-9-16-26/h1-9,11-16,24,27,30H,10,17-22H2. The van der Waals surface area contributed by atoms with Gasteiger partial charge < -0.3 is 14.9 Å². The van der Waals surface area contributed by atoms with Gasteiger partial charge in [-0.2, -0.15) is 0 Å². The number of aliphatic hydroxyl groups is 1. The molecule has 3 aromatic rings. The second kappa shape index (κ2) is 10.4. The Morgan fingerprint density at radius 3 is 1.80 bits per heavy atom. The van der Waals surface area contributed by atoms with Crippen LogP contribution in [-0.4, -0.2) is 36.2 Å². The van der Waals surface area contributed by atoms with Crippen LogP contribution in [0.15, 0.2) is 91.0 Å². The van der Waals surface area contributed by atoms with Gasteiger partial charge >= 0.3 is 0 Å². The van der Waals surface area contributed by atoms with E-state index in [0.717, 1.165) is 51.0 Å². The van der Waals surface area contributed by atoms with Gasteiger partial charge in [-0.25, -0.2) is 0 Å². The summed E-state index contributed by atoms with van der Waals surface area (Å²) in [4.78, 5) is 4.97. The van der Waals surface area contributed by atoms with E-state index in [1.165, 1.54) is 11.4 Å². The fourth-order valence-electron chi connectivity index (χ4n) is 4.49. The van der Waals surface area contributed by atoms with Gasteiger partial charge in [-0.1, -0.05) is 66.7 Å². The predicted molar refractivity (Wildman–Crippen MR) is 125 cm³/mol. The minimum atomic E-state index is -0.333. The third kappa shape index (κ3) is 5.29. The van der Waals surface area contributed by atoms with Crippen LogP contribution in [0.4, 0.5) is 11.4 Å². The van der Waals surface area contributed by atoms with Crippen LogP contribution >= 0.6 is 0 Å². The van der Waals surface area contributed by atoms with Gasteiger partial charge in [0.2, 0.25) is 0 Å². The van der Waals surface area contributed by atoms with Crippen molar-refractivity contribution in [3.8, 4) is 0 Å². The monoisotopic (exact) mass is 400 g/mol. The van der Waals surface area contributed by atoms with Crippen molar-refractivity contribution in [2.24, 2.45) is 5.92 Å². The fraction of sp³-hybridized carbons (Fsp3) is 0.333. The molecule has 1 unspecified atom stereocenters. The molecule has 0 spiro atoms. The third-order valence-electron chi connectivity index (χ3n) is 6.21. The van der Waals surface area contributed by atoms with Crippen molar-refractivity contribution in [3.63, 3.8) is 0 Å². The molecule has 30 heavy (non-hydrogen) atoms. The number of benzene rings is 3. The van der Waals surface area contributed by atoms with Crippen LogP contribution in [0.5, 0.6) is 0 Å². The van der Waals surface area contributed by atoms with Crippen molar-refractivity contribution < 1.29 is 5.11 Å². The fourth-order valence-corrected chi connectivity index (χ4v) is 4.49. The van der Waals surface area contributed by atoms with E-state index < -0.39 is 0 Å². The van der Waals surface area contributed by atoms with Crippen molar-refractivity contribution in [3.05, 3.63) is 96.6 Å². The number of para-hydroxylation sites is 2. The Labute approximate surface area is 180 Å². The van der Waals surface area contributed by atoms with E-state index in [2.05, 4.69) is 70.5 Å². The molecule has 1 aliphatic heterocycles. The molecule has 3 aromatic carbocycles. The van der Waals surface area contributed by atoms with Crippen LogP contribution in [0.25, 0.3) is 0 Å². The number of likely N-dealkylation sites (tertiary alicyclic amines) is 1. The molecule has 3 heteroatoms. The normalized spacial score (nSPS) is 16.3. The number of hydrogen-bond acceptors (Lipinski definition) is 3. The Morgan fingerprint density at radius 2 is 1.27 bits per heavy atom. The number of rotatable bonds is 8. The highest BCUT2D eigenvalue weighted by molar-refractivity contribution is 5.62. The second-order valence-corrected chi connectivity index (χ2v) is 8.21. The summed E-state index contributed by atoms with van der Waals surface area (Å²) in [7, 11) is 0. The zero-order valence-corrected chi connectivity index (χ0v) is 17.6. The molecule has 0 aliphatic carbocycles. The van der Waals surface area contributed by atoms with E-state index in [-0.39, 0.29) is 6.10 Å². The van der Waals surface area contributed by atoms with Gasteiger partial charge in [-0.15, -0.1) is 0 Å². The lowest BCUT2D eigenvalue weighted by Crippen LogP contribution is -2.37. The van der Waals surface area contributed by atoms with E-state index >= 15 is 0 Å². The van der Waals surface area contributed by atoms with Crippen LogP contribution in [0.3, 0.4) is 0 Å². The maximum Gasteiger partial charge on any atom is 0.0819 e. The highest BCUT2D eigenvalue weighted by Gasteiger charge is 2.26. The van der Waals surface area contributed by atoms with E-state index in [1.54, 1.807) is 0 Å². The number of hydrogen-bond donors (Lipinski definition) is 1.